The molecule has 8 nitrogen and oxygen atoms in total. The minimum Gasteiger partial charge on any atom is -0.380 e. The number of nitrogens with zero attached hydrogens (tertiary/aromatic N) is 5. The number of rotatable bonds is 2. The molecular formula is C20H25ClN5O3+. The fourth-order valence-electron chi connectivity index (χ4n) is 5.01. The zero-order valence-electron chi connectivity index (χ0n) is 16.9. The van der Waals surface area contributed by atoms with Crippen molar-refractivity contribution in [3.63, 3.8) is 0 Å². The van der Waals surface area contributed by atoms with Crippen LogP contribution >= 0.6 is 11.6 Å². The first-order valence-electron chi connectivity index (χ1n) is 10.1. The molecule has 4 heterocycles. The van der Waals surface area contributed by atoms with E-state index in [4.69, 9.17) is 11.6 Å². The molecule has 1 atom stereocenters. The molecule has 1 N–H and O–H groups in total. The molecule has 2 aliphatic heterocycles. The summed E-state index contributed by atoms with van der Waals surface area (Å²) in [5.74, 6) is -0.118. The predicted molar refractivity (Wildman–Crippen MR) is 105 cm³/mol. The fraction of sp³-hybridized carbons (Fsp3) is 0.600. The van der Waals surface area contributed by atoms with Crippen molar-refractivity contribution in [3.05, 3.63) is 28.7 Å². The minimum atomic E-state index is -1.24. The fourth-order valence-corrected chi connectivity index (χ4v) is 5.21. The van der Waals surface area contributed by atoms with Crippen molar-refractivity contribution in [3.8, 4) is 0 Å². The number of amides is 2. The summed E-state index contributed by atoms with van der Waals surface area (Å²) < 4.78 is 3.67. The molecule has 29 heavy (non-hydrogen) atoms. The summed E-state index contributed by atoms with van der Waals surface area (Å²) in [5, 5.41) is 15.3. The number of carbonyl (C=O) groups excluding carboxylic acids is 2. The molecule has 1 saturated heterocycles. The third kappa shape index (κ3) is 2.42. The topological polar surface area (TPSA) is 82.0 Å². The van der Waals surface area contributed by atoms with Gasteiger partial charge in [0.05, 0.1) is 6.54 Å². The number of carbonyl (C=O) groups is 2. The first kappa shape index (κ1) is 18.8. The summed E-state index contributed by atoms with van der Waals surface area (Å²) >= 11 is 6.22. The van der Waals surface area contributed by atoms with Crippen LogP contribution in [0.25, 0.3) is 5.65 Å². The Kier molecular flexibility index (Phi) is 3.84. The lowest BCUT2D eigenvalue weighted by molar-refractivity contribution is -0.749. The van der Waals surface area contributed by atoms with Gasteiger partial charge < -0.3 is 10.0 Å². The molecule has 0 bridgehead atoms. The highest BCUT2D eigenvalue weighted by molar-refractivity contribution is 6.29. The van der Waals surface area contributed by atoms with Crippen molar-refractivity contribution in [1.29, 1.82) is 0 Å². The molecule has 3 aliphatic rings. The number of aromatic nitrogens is 3. The van der Waals surface area contributed by atoms with E-state index >= 15 is 0 Å². The Morgan fingerprint density at radius 2 is 2.07 bits per heavy atom. The average molecular weight is 419 g/mol. The van der Waals surface area contributed by atoms with Crippen molar-refractivity contribution < 1.29 is 19.3 Å². The second-order valence-corrected chi connectivity index (χ2v) is 9.37. The van der Waals surface area contributed by atoms with Crippen LogP contribution in [0.3, 0.4) is 0 Å². The summed E-state index contributed by atoms with van der Waals surface area (Å²) in [6, 6.07) is 1.84. The van der Waals surface area contributed by atoms with Gasteiger partial charge in [-0.05, 0) is 31.2 Å². The number of aliphatic hydroxyl groups is 1. The van der Waals surface area contributed by atoms with Gasteiger partial charge in [0, 0.05) is 25.6 Å². The molecule has 0 aromatic carbocycles. The number of hydrogen-bond acceptors (Lipinski definition) is 4. The van der Waals surface area contributed by atoms with Crippen molar-refractivity contribution in [2.24, 2.45) is 0 Å². The van der Waals surface area contributed by atoms with Gasteiger partial charge in [-0.3, -0.25) is 14.5 Å². The first-order chi connectivity index (χ1) is 13.7. The average Bonchev–Trinajstić information content (AvgIpc) is 3.12. The highest BCUT2D eigenvalue weighted by Crippen LogP contribution is 2.37. The maximum Gasteiger partial charge on any atom is 0.313 e. The van der Waals surface area contributed by atoms with Crippen LogP contribution in [-0.2, 0) is 10.5 Å². The SMILES string of the molecule is CC(C)c1cc(Cl)nn2cc3[n+](c12)C1(C)CN(C(=O)C2(O)CCC2)CCN1C3=O. The molecule has 5 rings (SSSR count). The molecule has 154 valence electrons. The standard InChI is InChI=1S/C20H25ClN5O3/c1-12(2)13-9-15(21)22-25-10-14-17(27)24-8-7-23(18(28)20(29)5-4-6-20)11-19(24,3)26(14)16(13)25/h9-10,12,29H,4-8,11H2,1-3H3/q+1. The largest absolute Gasteiger partial charge is 0.380 e. The molecule has 9 heteroatoms. The third-order valence-corrected chi connectivity index (χ3v) is 6.93. The van der Waals surface area contributed by atoms with E-state index in [2.05, 4.69) is 18.9 Å². The number of piperazine rings is 1. The number of fused-ring (bicyclic) bond motifs is 5. The number of imidazole rings is 1. The van der Waals surface area contributed by atoms with Crippen molar-refractivity contribution in [2.75, 3.05) is 19.6 Å². The maximum absolute atomic E-state index is 13.2. The lowest BCUT2D eigenvalue weighted by atomic mass is 9.79. The summed E-state index contributed by atoms with van der Waals surface area (Å²) in [4.78, 5) is 29.7. The smallest absolute Gasteiger partial charge is 0.313 e. The van der Waals surface area contributed by atoms with Gasteiger partial charge in [0.25, 0.3) is 5.91 Å². The van der Waals surface area contributed by atoms with E-state index in [-0.39, 0.29) is 17.7 Å². The summed E-state index contributed by atoms with van der Waals surface area (Å²) in [6.45, 7) is 7.32. The van der Waals surface area contributed by atoms with Crippen LogP contribution in [-0.4, -0.2) is 61.6 Å². The molecule has 1 saturated carbocycles. The lowest BCUT2D eigenvalue weighted by Gasteiger charge is -2.46. The van der Waals surface area contributed by atoms with Gasteiger partial charge in [-0.25, -0.2) is 0 Å². The van der Waals surface area contributed by atoms with E-state index in [0.717, 1.165) is 17.6 Å². The van der Waals surface area contributed by atoms with Gasteiger partial charge in [-0.1, -0.05) is 35.1 Å². The molecule has 1 aliphatic carbocycles. The van der Waals surface area contributed by atoms with Gasteiger partial charge in [0.2, 0.25) is 11.4 Å². The van der Waals surface area contributed by atoms with E-state index in [1.165, 1.54) is 0 Å². The minimum absolute atomic E-state index is 0.0710. The summed E-state index contributed by atoms with van der Waals surface area (Å²) in [5.41, 5.74) is 0.368. The zero-order chi connectivity index (χ0) is 20.7. The van der Waals surface area contributed by atoms with Crippen LogP contribution in [0.1, 0.15) is 62.0 Å². The van der Waals surface area contributed by atoms with Crippen molar-refractivity contribution >= 4 is 29.1 Å². The van der Waals surface area contributed by atoms with Gasteiger partial charge in [0.1, 0.15) is 5.60 Å². The second-order valence-electron chi connectivity index (χ2n) is 8.98. The molecule has 2 aromatic rings. The van der Waals surface area contributed by atoms with Crippen LogP contribution in [0.2, 0.25) is 5.15 Å². The summed E-state index contributed by atoms with van der Waals surface area (Å²) in [7, 11) is 0. The lowest BCUT2D eigenvalue weighted by Crippen LogP contribution is -2.71. The van der Waals surface area contributed by atoms with E-state index < -0.39 is 11.3 Å². The highest BCUT2D eigenvalue weighted by atomic mass is 35.5. The predicted octanol–water partition coefficient (Wildman–Crippen LogP) is 1.28. The van der Waals surface area contributed by atoms with E-state index in [1.54, 1.807) is 15.6 Å². The Labute approximate surface area is 173 Å². The normalized spacial score (nSPS) is 25.4. The van der Waals surface area contributed by atoms with Crippen molar-refractivity contribution in [1.82, 2.24) is 19.4 Å². The number of hydrogen-bond donors (Lipinski definition) is 1. The first-order valence-corrected chi connectivity index (χ1v) is 10.5. The monoisotopic (exact) mass is 418 g/mol. The van der Waals surface area contributed by atoms with Crippen LogP contribution in [0.5, 0.6) is 0 Å². The van der Waals surface area contributed by atoms with E-state index in [0.29, 0.717) is 43.3 Å². The zero-order valence-corrected chi connectivity index (χ0v) is 17.6. The molecule has 1 unspecified atom stereocenters. The second kappa shape index (κ2) is 5.92. The third-order valence-electron chi connectivity index (χ3n) is 6.75. The Morgan fingerprint density at radius 1 is 1.34 bits per heavy atom. The quantitative estimate of drug-likeness (QED) is 0.745. The molecule has 0 spiro atoms. The van der Waals surface area contributed by atoms with Crippen LogP contribution in [0.4, 0.5) is 0 Å². The van der Waals surface area contributed by atoms with Gasteiger partial charge in [-0.2, -0.15) is 4.57 Å². The van der Waals surface area contributed by atoms with Gasteiger partial charge in [0.15, 0.2) is 11.3 Å². The molecule has 2 aromatic heterocycles. The van der Waals surface area contributed by atoms with Crippen LogP contribution in [0.15, 0.2) is 12.3 Å². The molecule has 2 fully saturated rings. The highest BCUT2D eigenvalue weighted by Gasteiger charge is 2.58. The van der Waals surface area contributed by atoms with E-state index in [1.807, 2.05) is 22.5 Å². The Balaban J connectivity index is 1.64. The summed E-state index contributed by atoms with van der Waals surface area (Å²) in [6.07, 6.45) is 3.61. The molecule has 2 amide bonds. The van der Waals surface area contributed by atoms with Crippen LogP contribution < -0.4 is 4.57 Å². The molecule has 0 radical (unpaired) electrons. The van der Waals surface area contributed by atoms with Crippen molar-refractivity contribution in [2.45, 2.75) is 57.2 Å². The Bertz CT molecular complexity index is 1060. The number of halogens is 1. The van der Waals surface area contributed by atoms with Gasteiger partial charge in [-0.15, -0.1) is 0 Å². The Hall–Kier alpha value is -2.19. The maximum atomic E-state index is 13.2. The Morgan fingerprint density at radius 3 is 2.69 bits per heavy atom. The van der Waals surface area contributed by atoms with E-state index in [9.17, 15) is 14.7 Å². The molecular weight excluding hydrogens is 394 g/mol. The van der Waals surface area contributed by atoms with Crippen LogP contribution in [0, 0.1) is 0 Å². The van der Waals surface area contributed by atoms with Gasteiger partial charge >= 0.3 is 11.6 Å².